The van der Waals surface area contributed by atoms with Gasteiger partial charge in [0.05, 0.1) is 20.1 Å². The largest absolute Gasteiger partial charge is 0.293 e. The Morgan fingerprint density at radius 1 is 0.875 bits per heavy atom. The quantitative estimate of drug-likeness (QED) is 0.630. The Morgan fingerprint density at radius 3 is 1.88 bits per heavy atom. The van der Waals surface area contributed by atoms with Crippen molar-refractivity contribution in [3.05, 3.63) is 28.8 Å². The third-order valence-corrected chi connectivity index (χ3v) is 3.98. The SMILES string of the molecule is Cc1cc(C)c([N+]2(C)CCCCC2)c(C)c1. The van der Waals surface area contributed by atoms with Gasteiger partial charge in [0.15, 0.2) is 0 Å². The van der Waals surface area contributed by atoms with E-state index in [1.165, 1.54) is 49.0 Å². The number of hydrogen-bond acceptors (Lipinski definition) is 0. The van der Waals surface area contributed by atoms with Crippen LogP contribution < -0.4 is 4.48 Å². The third-order valence-electron chi connectivity index (χ3n) is 3.98. The molecule has 0 atom stereocenters. The van der Waals surface area contributed by atoms with Gasteiger partial charge in [-0.1, -0.05) is 17.7 Å². The van der Waals surface area contributed by atoms with E-state index in [1.807, 2.05) is 0 Å². The van der Waals surface area contributed by atoms with Gasteiger partial charge in [-0.05, 0) is 40.0 Å². The minimum absolute atomic E-state index is 1.15. The van der Waals surface area contributed by atoms with Crippen molar-refractivity contribution < 1.29 is 0 Å². The first-order chi connectivity index (χ1) is 7.53. The van der Waals surface area contributed by atoms with Crippen LogP contribution in [0.1, 0.15) is 36.0 Å². The lowest BCUT2D eigenvalue weighted by molar-refractivity contribution is 0.272. The summed E-state index contributed by atoms with van der Waals surface area (Å²) in [6.07, 6.45) is 4.17. The second-order valence-electron chi connectivity index (χ2n) is 5.65. The van der Waals surface area contributed by atoms with Crippen LogP contribution >= 0.6 is 0 Å². The van der Waals surface area contributed by atoms with Gasteiger partial charge in [-0.2, -0.15) is 0 Å². The first-order valence-corrected chi connectivity index (χ1v) is 6.46. The summed E-state index contributed by atoms with van der Waals surface area (Å²) in [5.41, 5.74) is 5.91. The lowest BCUT2D eigenvalue weighted by atomic mass is 9.99. The van der Waals surface area contributed by atoms with Gasteiger partial charge in [0.25, 0.3) is 0 Å². The minimum atomic E-state index is 1.15. The van der Waals surface area contributed by atoms with Gasteiger partial charge >= 0.3 is 0 Å². The average molecular weight is 218 g/mol. The molecule has 0 saturated carbocycles. The zero-order chi connectivity index (χ0) is 11.8. The van der Waals surface area contributed by atoms with Gasteiger partial charge in [0, 0.05) is 11.1 Å². The molecule has 1 heterocycles. The molecule has 0 bridgehead atoms. The number of benzene rings is 1. The standard InChI is InChI=1S/C15H24N/c1-12-10-13(2)15(14(3)11-12)16(4)8-6-5-7-9-16/h10-11H,5-9H2,1-4H3/q+1. The molecule has 1 fully saturated rings. The molecule has 0 aliphatic carbocycles. The molecule has 1 saturated heterocycles. The topological polar surface area (TPSA) is 0 Å². The number of rotatable bonds is 1. The Hall–Kier alpha value is -0.820. The summed E-state index contributed by atoms with van der Waals surface area (Å²) >= 11 is 0. The maximum absolute atomic E-state index is 2.41. The summed E-state index contributed by atoms with van der Waals surface area (Å²) in [5.74, 6) is 0. The van der Waals surface area contributed by atoms with Gasteiger partial charge in [0.1, 0.15) is 5.69 Å². The zero-order valence-electron chi connectivity index (χ0n) is 11.1. The molecule has 0 N–H and O–H groups in total. The number of quaternary nitrogens is 1. The molecular formula is C15H24N+. The fraction of sp³-hybridized carbons (Fsp3) is 0.600. The van der Waals surface area contributed by atoms with Crippen molar-refractivity contribution in [3.8, 4) is 0 Å². The number of hydrogen-bond donors (Lipinski definition) is 0. The van der Waals surface area contributed by atoms with Crippen molar-refractivity contribution in [1.29, 1.82) is 0 Å². The van der Waals surface area contributed by atoms with E-state index in [1.54, 1.807) is 5.69 Å². The highest BCUT2D eigenvalue weighted by atomic mass is 15.3. The number of nitrogens with zero attached hydrogens (tertiary/aromatic N) is 1. The summed E-state index contributed by atoms with van der Waals surface area (Å²) in [6.45, 7) is 9.36. The lowest BCUT2D eigenvalue weighted by Crippen LogP contribution is -2.49. The Kier molecular flexibility index (Phi) is 3.07. The molecule has 1 aliphatic rings. The molecule has 88 valence electrons. The molecule has 1 aliphatic heterocycles. The van der Waals surface area contributed by atoms with E-state index in [4.69, 9.17) is 0 Å². The summed E-state index contributed by atoms with van der Waals surface area (Å²) < 4.78 is 1.15. The fourth-order valence-electron chi connectivity index (χ4n) is 3.46. The molecule has 1 heteroatoms. The van der Waals surface area contributed by atoms with Crippen molar-refractivity contribution in [2.75, 3.05) is 20.1 Å². The maximum atomic E-state index is 2.41. The number of aryl methyl sites for hydroxylation is 3. The average Bonchev–Trinajstić information content (AvgIpc) is 2.16. The highest BCUT2D eigenvalue weighted by Crippen LogP contribution is 2.33. The Labute approximate surface area is 99.7 Å². The second kappa shape index (κ2) is 4.21. The molecule has 0 aromatic heterocycles. The minimum Gasteiger partial charge on any atom is -0.293 e. The first-order valence-electron chi connectivity index (χ1n) is 6.46. The van der Waals surface area contributed by atoms with Crippen LogP contribution in [-0.2, 0) is 0 Å². The third kappa shape index (κ3) is 2.01. The van der Waals surface area contributed by atoms with Crippen LogP contribution in [-0.4, -0.2) is 20.1 Å². The molecule has 0 radical (unpaired) electrons. The van der Waals surface area contributed by atoms with Crippen molar-refractivity contribution in [3.63, 3.8) is 0 Å². The fourth-order valence-corrected chi connectivity index (χ4v) is 3.46. The van der Waals surface area contributed by atoms with Gasteiger partial charge in [-0.15, -0.1) is 0 Å². The van der Waals surface area contributed by atoms with Crippen molar-refractivity contribution >= 4 is 5.69 Å². The van der Waals surface area contributed by atoms with E-state index < -0.39 is 0 Å². The first kappa shape index (κ1) is 11.7. The van der Waals surface area contributed by atoms with E-state index in [2.05, 4.69) is 40.0 Å². The summed E-state index contributed by atoms with van der Waals surface area (Å²) in [7, 11) is 2.41. The van der Waals surface area contributed by atoms with Crippen LogP contribution in [0.25, 0.3) is 0 Å². The molecule has 0 unspecified atom stereocenters. The van der Waals surface area contributed by atoms with Crippen LogP contribution in [0.3, 0.4) is 0 Å². The summed E-state index contributed by atoms with van der Waals surface area (Å²) in [5, 5.41) is 0. The molecular weight excluding hydrogens is 194 g/mol. The summed E-state index contributed by atoms with van der Waals surface area (Å²) in [6, 6.07) is 4.67. The lowest BCUT2D eigenvalue weighted by Gasteiger charge is -2.39. The number of likely N-dealkylation sites (tertiary alicyclic amines) is 1. The molecule has 1 aromatic rings. The van der Waals surface area contributed by atoms with Gasteiger partial charge < -0.3 is 0 Å². The van der Waals surface area contributed by atoms with E-state index in [-0.39, 0.29) is 0 Å². The Balaban J connectivity index is 2.46. The molecule has 16 heavy (non-hydrogen) atoms. The predicted octanol–water partition coefficient (Wildman–Crippen LogP) is 3.73. The smallest absolute Gasteiger partial charge is 0.138 e. The van der Waals surface area contributed by atoms with E-state index in [9.17, 15) is 0 Å². The van der Waals surface area contributed by atoms with Gasteiger partial charge in [0.2, 0.25) is 0 Å². The van der Waals surface area contributed by atoms with Crippen molar-refractivity contribution in [2.45, 2.75) is 40.0 Å². The van der Waals surface area contributed by atoms with Gasteiger partial charge in [-0.25, -0.2) is 0 Å². The Morgan fingerprint density at radius 2 is 1.38 bits per heavy atom. The zero-order valence-corrected chi connectivity index (χ0v) is 11.1. The number of piperidine rings is 1. The van der Waals surface area contributed by atoms with E-state index in [0.29, 0.717) is 0 Å². The molecule has 0 spiro atoms. The highest BCUT2D eigenvalue weighted by molar-refractivity contribution is 5.57. The van der Waals surface area contributed by atoms with Crippen LogP contribution in [0.2, 0.25) is 0 Å². The molecule has 2 rings (SSSR count). The van der Waals surface area contributed by atoms with Crippen LogP contribution in [0, 0.1) is 20.8 Å². The summed E-state index contributed by atoms with van der Waals surface area (Å²) in [4.78, 5) is 0. The predicted molar refractivity (Wildman–Crippen MR) is 72.0 cm³/mol. The molecule has 1 nitrogen and oxygen atoms in total. The van der Waals surface area contributed by atoms with Crippen LogP contribution in [0.15, 0.2) is 12.1 Å². The van der Waals surface area contributed by atoms with Crippen LogP contribution in [0.4, 0.5) is 5.69 Å². The normalized spacial score (nSPS) is 19.8. The Bertz CT molecular complexity index is 363. The van der Waals surface area contributed by atoms with Gasteiger partial charge in [-0.3, -0.25) is 4.48 Å². The molecule has 0 amide bonds. The van der Waals surface area contributed by atoms with Crippen LogP contribution in [0.5, 0.6) is 0 Å². The maximum Gasteiger partial charge on any atom is 0.138 e. The second-order valence-corrected chi connectivity index (χ2v) is 5.65. The van der Waals surface area contributed by atoms with E-state index in [0.717, 1.165) is 4.48 Å². The highest BCUT2D eigenvalue weighted by Gasteiger charge is 2.30. The monoisotopic (exact) mass is 218 g/mol. The molecule has 1 aromatic carbocycles. The van der Waals surface area contributed by atoms with Crippen molar-refractivity contribution in [1.82, 2.24) is 4.48 Å². The van der Waals surface area contributed by atoms with E-state index >= 15 is 0 Å². The van der Waals surface area contributed by atoms with Crippen molar-refractivity contribution in [2.24, 2.45) is 0 Å².